The molecule has 1 saturated carbocycles. The molecular formula is C13H18BrF2N3O. The van der Waals surface area contributed by atoms with Gasteiger partial charge in [0.25, 0.3) is 6.43 Å². The summed E-state index contributed by atoms with van der Waals surface area (Å²) in [7, 11) is 0. The molecule has 1 aliphatic carbocycles. The predicted molar refractivity (Wildman–Crippen MR) is 74.8 cm³/mol. The van der Waals surface area contributed by atoms with E-state index in [2.05, 4.69) is 26.3 Å². The van der Waals surface area contributed by atoms with Crippen molar-refractivity contribution in [2.75, 3.05) is 0 Å². The van der Waals surface area contributed by atoms with Crippen LogP contribution in [0.25, 0.3) is 0 Å². The highest BCUT2D eigenvalue weighted by Gasteiger charge is 2.34. The van der Waals surface area contributed by atoms with Gasteiger partial charge in [-0.1, -0.05) is 0 Å². The molecule has 0 spiro atoms. The van der Waals surface area contributed by atoms with E-state index in [-0.39, 0.29) is 29.6 Å². The van der Waals surface area contributed by atoms with Gasteiger partial charge < -0.3 is 5.32 Å². The molecule has 2 rings (SSSR count). The third-order valence-corrected chi connectivity index (χ3v) is 3.75. The first-order valence-corrected chi connectivity index (χ1v) is 7.33. The van der Waals surface area contributed by atoms with Gasteiger partial charge in [0.15, 0.2) is 0 Å². The van der Waals surface area contributed by atoms with Crippen LogP contribution in [0.5, 0.6) is 0 Å². The van der Waals surface area contributed by atoms with E-state index >= 15 is 0 Å². The average Bonchev–Trinajstić information content (AvgIpc) is 3.02. The van der Waals surface area contributed by atoms with Crippen LogP contribution in [0.4, 0.5) is 8.78 Å². The Morgan fingerprint density at radius 3 is 2.55 bits per heavy atom. The highest BCUT2D eigenvalue weighted by atomic mass is 79.9. The van der Waals surface area contributed by atoms with Crippen LogP contribution >= 0.6 is 15.9 Å². The van der Waals surface area contributed by atoms with Gasteiger partial charge in [0.05, 0.1) is 10.2 Å². The summed E-state index contributed by atoms with van der Waals surface area (Å²) in [5.74, 6) is 0.00188. The molecule has 4 nitrogen and oxygen atoms in total. The molecule has 20 heavy (non-hydrogen) atoms. The molecule has 0 saturated heterocycles. The number of halogens is 3. The maximum absolute atomic E-state index is 12.9. The van der Waals surface area contributed by atoms with E-state index in [0.717, 1.165) is 12.8 Å². The van der Waals surface area contributed by atoms with Crippen molar-refractivity contribution in [3.63, 3.8) is 0 Å². The molecule has 0 unspecified atom stereocenters. The smallest absolute Gasteiger partial charge is 0.283 e. The predicted octanol–water partition coefficient (Wildman–Crippen LogP) is 3.38. The van der Waals surface area contributed by atoms with Gasteiger partial charge in [-0.25, -0.2) is 8.78 Å². The summed E-state index contributed by atoms with van der Waals surface area (Å²) in [6, 6.07) is 0. The number of nitrogens with one attached hydrogen (secondary N) is 1. The lowest BCUT2D eigenvalue weighted by Gasteiger charge is -2.20. The van der Waals surface area contributed by atoms with Crippen LogP contribution in [0.15, 0.2) is 4.47 Å². The second-order valence-corrected chi connectivity index (χ2v) is 6.91. The van der Waals surface area contributed by atoms with Crippen molar-refractivity contribution < 1.29 is 13.6 Å². The first-order valence-electron chi connectivity index (χ1n) is 6.54. The molecule has 0 aliphatic heterocycles. The zero-order chi connectivity index (χ0) is 15.1. The summed E-state index contributed by atoms with van der Waals surface area (Å²) < 4.78 is 27.6. The van der Waals surface area contributed by atoms with Crippen LogP contribution in [-0.4, -0.2) is 21.2 Å². The van der Waals surface area contributed by atoms with Crippen LogP contribution in [0.3, 0.4) is 0 Å². The Morgan fingerprint density at radius 1 is 1.50 bits per heavy atom. The molecule has 0 atom stereocenters. The maximum atomic E-state index is 12.9. The Kier molecular flexibility index (Phi) is 4.18. The topological polar surface area (TPSA) is 46.9 Å². The molecule has 112 valence electrons. The molecule has 1 aromatic rings. The number of amides is 1. The Morgan fingerprint density at radius 2 is 2.10 bits per heavy atom. The highest BCUT2D eigenvalue weighted by Crippen LogP contribution is 2.45. The second kappa shape index (κ2) is 5.42. The molecule has 1 N–H and O–H groups in total. The van der Waals surface area contributed by atoms with Crippen molar-refractivity contribution in [3.8, 4) is 0 Å². The van der Waals surface area contributed by atoms with E-state index in [4.69, 9.17) is 0 Å². The zero-order valence-corrected chi connectivity index (χ0v) is 13.3. The minimum absolute atomic E-state index is 0.0333. The summed E-state index contributed by atoms with van der Waals surface area (Å²) in [6.45, 7) is 5.58. The number of hydrogen-bond donors (Lipinski definition) is 1. The Labute approximate surface area is 125 Å². The fourth-order valence-corrected chi connectivity index (χ4v) is 2.85. The van der Waals surface area contributed by atoms with E-state index in [1.807, 2.05) is 20.8 Å². The Hall–Kier alpha value is -0.980. The molecule has 1 aromatic heterocycles. The number of alkyl halides is 2. The molecule has 1 heterocycles. The van der Waals surface area contributed by atoms with E-state index in [9.17, 15) is 13.6 Å². The second-order valence-electron chi connectivity index (χ2n) is 6.12. The van der Waals surface area contributed by atoms with E-state index < -0.39 is 6.43 Å². The lowest BCUT2D eigenvalue weighted by atomic mass is 10.1. The number of rotatable bonds is 4. The molecule has 1 fully saturated rings. The van der Waals surface area contributed by atoms with Crippen molar-refractivity contribution in [1.29, 1.82) is 0 Å². The normalized spacial score (nSPS) is 15.8. The number of carbonyl (C=O) groups excluding carboxylic acids is 1. The summed E-state index contributed by atoms with van der Waals surface area (Å²) >= 11 is 3.20. The van der Waals surface area contributed by atoms with Gasteiger partial charge >= 0.3 is 0 Å². The van der Waals surface area contributed by atoms with Crippen molar-refractivity contribution in [2.45, 2.75) is 58.0 Å². The van der Waals surface area contributed by atoms with Crippen LogP contribution < -0.4 is 5.32 Å². The summed E-state index contributed by atoms with van der Waals surface area (Å²) in [5, 5.41) is 6.71. The average molecular weight is 350 g/mol. The minimum atomic E-state index is -2.64. The van der Waals surface area contributed by atoms with Crippen molar-refractivity contribution in [2.24, 2.45) is 0 Å². The zero-order valence-electron chi connectivity index (χ0n) is 11.7. The SMILES string of the molecule is CC(C)(C)NC(=O)Cn1nc(C(F)F)c(Br)c1C1CC1. The standard InChI is InChI=1S/C13H18BrF2N3O/c1-13(2,3)17-8(20)6-19-11(7-4-5-7)9(14)10(18-19)12(15)16/h7,12H,4-6H2,1-3H3,(H,17,20). The largest absolute Gasteiger partial charge is 0.350 e. The summed E-state index contributed by atoms with van der Waals surface area (Å²) in [6.07, 6.45) is -0.740. The Bertz CT molecular complexity index is 518. The number of aromatic nitrogens is 2. The third kappa shape index (κ3) is 3.56. The molecule has 0 radical (unpaired) electrons. The van der Waals surface area contributed by atoms with Crippen LogP contribution in [0.2, 0.25) is 0 Å². The van der Waals surface area contributed by atoms with Gasteiger partial charge in [0, 0.05) is 11.5 Å². The van der Waals surface area contributed by atoms with Gasteiger partial charge in [-0.3, -0.25) is 9.48 Å². The third-order valence-electron chi connectivity index (χ3n) is 2.93. The number of hydrogen-bond acceptors (Lipinski definition) is 2. The van der Waals surface area contributed by atoms with E-state index in [0.29, 0.717) is 10.2 Å². The molecular weight excluding hydrogens is 332 g/mol. The number of carbonyl (C=O) groups is 1. The first kappa shape index (κ1) is 15.4. The Balaban J connectivity index is 2.22. The van der Waals surface area contributed by atoms with Gasteiger partial charge in [0.2, 0.25) is 5.91 Å². The molecule has 0 bridgehead atoms. The van der Waals surface area contributed by atoms with Crippen molar-refractivity contribution in [3.05, 3.63) is 15.9 Å². The van der Waals surface area contributed by atoms with E-state index in [1.165, 1.54) is 4.68 Å². The number of nitrogens with zero attached hydrogens (tertiary/aromatic N) is 2. The molecule has 7 heteroatoms. The lowest BCUT2D eigenvalue weighted by molar-refractivity contribution is -0.123. The van der Waals surface area contributed by atoms with Crippen LogP contribution in [0, 0.1) is 0 Å². The molecule has 1 aliphatic rings. The minimum Gasteiger partial charge on any atom is -0.350 e. The highest BCUT2D eigenvalue weighted by molar-refractivity contribution is 9.10. The van der Waals surface area contributed by atoms with Gasteiger partial charge in [-0.2, -0.15) is 5.10 Å². The summed E-state index contributed by atoms with van der Waals surface area (Å²) in [5.41, 5.74) is 0.0760. The van der Waals surface area contributed by atoms with Gasteiger partial charge in [-0.05, 0) is 49.5 Å². The van der Waals surface area contributed by atoms with Gasteiger partial charge in [0.1, 0.15) is 12.2 Å². The summed E-state index contributed by atoms with van der Waals surface area (Å²) in [4.78, 5) is 11.9. The van der Waals surface area contributed by atoms with Gasteiger partial charge in [-0.15, -0.1) is 0 Å². The van der Waals surface area contributed by atoms with Crippen LogP contribution in [0.1, 0.15) is 57.3 Å². The maximum Gasteiger partial charge on any atom is 0.283 e. The van der Waals surface area contributed by atoms with Crippen LogP contribution in [-0.2, 0) is 11.3 Å². The monoisotopic (exact) mass is 349 g/mol. The van der Waals surface area contributed by atoms with Crippen molar-refractivity contribution >= 4 is 21.8 Å². The lowest BCUT2D eigenvalue weighted by Crippen LogP contribution is -2.42. The van der Waals surface area contributed by atoms with E-state index in [1.54, 1.807) is 0 Å². The van der Waals surface area contributed by atoms with Crippen molar-refractivity contribution in [1.82, 2.24) is 15.1 Å². The quantitative estimate of drug-likeness (QED) is 0.905. The fourth-order valence-electron chi connectivity index (χ4n) is 2.07. The molecule has 1 amide bonds. The first-order chi connectivity index (χ1) is 9.19. The fraction of sp³-hybridized carbons (Fsp3) is 0.692. The molecule has 0 aromatic carbocycles.